The number of hydrogen-bond donors (Lipinski definition) is 0. The lowest BCUT2D eigenvalue weighted by molar-refractivity contribution is -0.169. The lowest BCUT2D eigenvalue weighted by atomic mass is 9.55. The van der Waals surface area contributed by atoms with Crippen LogP contribution in [0.5, 0.6) is 0 Å². The summed E-state index contributed by atoms with van der Waals surface area (Å²) in [7, 11) is 0. The van der Waals surface area contributed by atoms with Gasteiger partial charge in [-0.25, -0.2) is 0 Å². The Kier molecular flexibility index (Phi) is 4.59. The third-order valence-electron chi connectivity index (χ3n) is 13.9. The molecule has 3 nitrogen and oxygen atoms in total. The first-order valence-corrected chi connectivity index (χ1v) is 15.5. The summed E-state index contributed by atoms with van der Waals surface area (Å²) < 4.78 is 13.1. The number of hydrogen-bond acceptors (Lipinski definition) is 3. The van der Waals surface area contributed by atoms with Gasteiger partial charge in [-0.2, -0.15) is 0 Å². The predicted octanol–water partition coefficient (Wildman–Crippen LogP) is 6.49. The van der Waals surface area contributed by atoms with E-state index in [2.05, 4.69) is 20.8 Å². The molecule has 7 aliphatic carbocycles. The van der Waals surface area contributed by atoms with Gasteiger partial charge < -0.3 is 9.47 Å². The Labute approximate surface area is 206 Å². The van der Waals surface area contributed by atoms with E-state index >= 15 is 0 Å². The molecule has 6 bridgehead atoms. The van der Waals surface area contributed by atoms with Crippen molar-refractivity contribution >= 4 is 5.97 Å². The van der Waals surface area contributed by atoms with Gasteiger partial charge in [0.1, 0.15) is 5.60 Å². The summed E-state index contributed by atoms with van der Waals surface area (Å²) in [6.07, 6.45) is 14.7. The maximum atomic E-state index is 13.6. The van der Waals surface area contributed by atoms with Crippen LogP contribution in [0.4, 0.5) is 0 Å². The highest BCUT2D eigenvalue weighted by molar-refractivity contribution is 5.74. The maximum Gasteiger partial charge on any atom is 0.309 e. The Balaban J connectivity index is 1.05. The van der Waals surface area contributed by atoms with Crippen LogP contribution in [0.1, 0.15) is 91.4 Å². The topological polar surface area (TPSA) is 35.5 Å². The van der Waals surface area contributed by atoms with Gasteiger partial charge in [-0.1, -0.05) is 20.8 Å². The molecule has 0 radical (unpaired) electrons. The summed E-state index contributed by atoms with van der Waals surface area (Å²) in [6.45, 7) is 6.95. The molecule has 188 valence electrons. The molecule has 7 saturated carbocycles. The first-order valence-electron chi connectivity index (χ1n) is 15.5. The van der Waals surface area contributed by atoms with Gasteiger partial charge in [-0.05, 0) is 142 Å². The van der Waals surface area contributed by atoms with Crippen LogP contribution in [0.2, 0.25) is 0 Å². The summed E-state index contributed by atoms with van der Waals surface area (Å²) in [4.78, 5) is 13.6. The van der Waals surface area contributed by atoms with E-state index in [0.29, 0.717) is 18.1 Å². The average molecular weight is 467 g/mol. The van der Waals surface area contributed by atoms with Crippen molar-refractivity contribution in [2.24, 2.45) is 76.9 Å². The third kappa shape index (κ3) is 2.48. The zero-order chi connectivity index (χ0) is 22.9. The largest absolute Gasteiger partial charge is 0.459 e. The van der Waals surface area contributed by atoms with Crippen molar-refractivity contribution < 1.29 is 14.3 Å². The van der Waals surface area contributed by atoms with E-state index in [1.54, 1.807) is 0 Å². The molecule has 15 unspecified atom stereocenters. The quantitative estimate of drug-likeness (QED) is 0.343. The van der Waals surface area contributed by atoms with Crippen LogP contribution in [0, 0.1) is 76.9 Å². The van der Waals surface area contributed by atoms with E-state index in [-0.39, 0.29) is 17.5 Å². The Hall–Kier alpha value is -0.570. The molecule has 8 rings (SSSR count). The van der Waals surface area contributed by atoms with Crippen LogP contribution in [0.3, 0.4) is 0 Å². The second-order valence-corrected chi connectivity index (χ2v) is 14.3. The minimum atomic E-state index is -0.120. The third-order valence-corrected chi connectivity index (χ3v) is 13.9. The molecule has 1 aliphatic heterocycles. The summed E-state index contributed by atoms with van der Waals surface area (Å²) in [5.41, 5.74) is -0.120. The van der Waals surface area contributed by atoms with Gasteiger partial charge in [0.05, 0.1) is 18.1 Å². The zero-order valence-corrected chi connectivity index (χ0v) is 21.7. The molecule has 1 heterocycles. The standard InChI is InChI=1S/C31H46O3/c1-4-22-28-20-14-21(29(28)23(5-2)33-22)27-19-13-18(26(20)27)24-15-11-16(25(19)24)17(12-15)30(32)34-31(6-3)9-7-8-10-31/h15-29H,4-14H2,1-3H3. The Morgan fingerprint density at radius 1 is 0.735 bits per heavy atom. The summed E-state index contributed by atoms with van der Waals surface area (Å²) in [6, 6.07) is 0. The molecule has 8 fully saturated rings. The highest BCUT2D eigenvalue weighted by Gasteiger charge is 2.76. The summed E-state index contributed by atoms with van der Waals surface area (Å²) >= 11 is 0. The van der Waals surface area contributed by atoms with E-state index in [9.17, 15) is 4.79 Å². The van der Waals surface area contributed by atoms with E-state index in [1.165, 1.54) is 44.9 Å². The number of carbonyl (C=O) groups excluding carboxylic acids is 1. The number of ether oxygens (including phenoxy) is 2. The van der Waals surface area contributed by atoms with Gasteiger partial charge in [-0.15, -0.1) is 0 Å². The van der Waals surface area contributed by atoms with Crippen LogP contribution in [-0.2, 0) is 14.3 Å². The second kappa shape index (κ2) is 7.26. The molecule has 8 aliphatic rings. The number of fused-ring (bicyclic) bond motifs is 19. The van der Waals surface area contributed by atoms with Crippen molar-refractivity contribution in [3.05, 3.63) is 0 Å². The first kappa shape index (κ1) is 21.5. The molecule has 0 aromatic carbocycles. The fourth-order valence-electron chi connectivity index (χ4n) is 13.2. The molecule has 0 N–H and O–H groups in total. The fraction of sp³-hybridized carbons (Fsp3) is 0.968. The fourth-order valence-corrected chi connectivity index (χ4v) is 13.2. The molecule has 0 aromatic heterocycles. The Morgan fingerprint density at radius 3 is 1.88 bits per heavy atom. The van der Waals surface area contributed by atoms with Crippen LogP contribution in [0.15, 0.2) is 0 Å². The van der Waals surface area contributed by atoms with Gasteiger partial charge >= 0.3 is 5.97 Å². The van der Waals surface area contributed by atoms with Crippen LogP contribution in [-0.4, -0.2) is 23.8 Å². The van der Waals surface area contributed by atoms with Crippen molar-refractivity contribution in [1.29, 1.82) is 0 Å². The number of carbonyl (C=O) groups is 1. The van der Waals surface area contributed by atoms with Gasteiger partial charge in [0.15, 0.2) is 0 Å². The number of rotatable bonds is 5. The van der Waals surface area contributed by atoms with E-state index in [4.69, 9.17) is 9.47 Å². The monoisotopic (exact) mass is 466 g/mol. The SMILES string of the molecule is CCC1OC(CC)C2C3CC(C12)C1C2CC(C4C5CC(CC5C(=O)OC5(CC)CCCC5)C24)C31. The van der Waals surface area contributed by atoms with Gasteiger partial charge in [-0.3, -0.25) is 4.79 Å². The van der Waals surface area contributed by atoms with Crippen molar-refractivity contribution in [2.75, 3.05) is 0 Å². The summed E-state index contributed by atoms with van der Waals surface area (Å²) in [5.74, 6) is 11.2. The number of esters is 1. The van der Waals surface area contributed by atoms with Crippen molar-refractivity contribution in [1.82, 2.24) is 0 Å². The van der Waals surface area contributed by atoms with Gasteiger partial charge in [0.2, 0.25) is 0 Å². The van der Waals surface area contributed by atoms with Crippen LogP contribution in [0.25, 0.3) is 0 Å². The van der Waals surface area contributed by atoms with E-state index in [1.807, 2.05) is 0 Å². The predicted molar refractivity (Wildman–Crippen MR) is 131 cm³/mol. The molecule has 1 saturated heterocycles. The minimum absolute atomic E-state index is 0.120. The first-order chi connectivity index (χ1) is 16.6. The molecule has 0 aromatic rings. The molecule has 0 spiro atoms. The smallest absolute Gasteiger partial charge is 0.309 e. The van der Waals surface area contributed by atoms with Gasteiger partial charge in [0.25, 0.3) is 0 Å². The molecule has 0 amide bonds. The van der Waals surface area contributed by atoms with E-state index in [0.717, 1.165) is 90.8 Å². The normalized spacial score (nSPS) is 59.0. The molecular formula is C31H46O3. The minimum Gasteiger partial charge on any atom is -0.459 e. The highest BCUT2D eigenvalue weighted by atomic mass is 16.6. The van der Waals surface area contributed by atoms with Gasteiger partial charge in [0, 0.05) is 0 Å². The molecule has 3 heteroatoms. The highest BCUT2D eigenvalue weighted by Crippen LogP contribution is 2.79. The lowest BCUT2D eigenvalue weighted by Gasteiger charge is -2.49. The molecular weight excluding hydrogens is 420 g/mol. The van der Waals surface area contributed by atoms with E-state index < -0.39 is 0 Å². The Morgan fingerprint density at radius 2 is 1.29 bits per heavy atom. The maximum absolute atomic E-state index is 13.6. The lowest BCUT2D eigenvalue weighted by Crippen LogP contribution is -2.48. The zero-order valence-electron chi connectivity index (χ0n) is 21.7. The van der Waals surface area contributed by atoms with Crippen LogP contribution >= 0.6 is 0 Å². The van der Waals surface area contributed by atoms with Crippen molar-refractivity contribution in [2.45, 2.75) is 109 Å². The Bertz CT molecular complexity index is 861. The van der Waals surface area contributed by atoms with Crippen LogP contribution < -0.4 is 0 Å². The van der Waals surface area contributed by atoms with Crippen molar-refractivity contribution in [3.63, 3.8) is 0 Å². The second-order valence-electron chi connectivity index (χ2n) is 14.3. The van der Waals surface area contributed by atoms with Crippen molar-refractivity contribution in [3.8, 4) is 0 Å². The summed E-state index contributed by atoms with van der Waals surface area (Å²) in [5, 5.41) is 0. The average Bonchev–Trinajstić information content (AvgIpc) is 3.69. The molecule has 34 heavy (non-hydrogen) atoms. The molecule has 15 atom stereocenters.